The van der Waals surface area contributed by atoms with Crippen molar-refractivity contribution in [3.05, 3.63) is 55.8 Å². The average molecular weight is 465 g/mol. The zero-order valence-electron chi connectivity index (χ0n) is 18.7. The van der Waals surface area contributed by atoms with Crippen molar-refractivity contribution >= 4 is 45.3 Å². The molecule has 2 heterocycles. The summed E-state index contributed by atoms with van der Waals surface area (Å²) < 4.78 is 8.28. The van der Waals surface area contributed by atoms with Gasteiger partial charge in [-0.15, -0.1) is 11.3 Å². The molecule has 0 saturated heterocycles. The Morgan fingerprint density at radius 1 is 1.21 bits per heavy atom. The lowest BCUT2D eigenvalue weighted by Gasteiger charge is -2.12. The number of esters is 1. The maximum absolute atomic E-state index is 13.0. The highest BCUT2D eigenvalue weighted by atomic mass is 32.1. The second kappa shape index (κ2) is 9.08. The standard InChI is InChI=1S/C24H24N4O4S/c1-4-32-23(30)20-16-7-5-6-8-19(16)33-22(20)26-21(29)15(13-25)11-14-9-10-17-18(12-14)28(3)24(31)27(17)2/h9-12H,4-8H2,1-3H3,(H,26,29)/b15-11+. The summed E-state index contributed by atoms with van der Waals surface area (Å²) in [5.74, 6) is -1.05. The number of nitrogens with one attached hydrogen (secondary N) is 1. The van der Waals surface area contributed by atoms with Gasteiger partial charge in [-0.1, -0.05) is 6.07 Å². The maximum atomic E-state index is 13.0. The van der Waals surface area contributed by atoms with Gasteiger partial charge in [0.25, 0.3) is 5.91 Å². The van der Waals surface area contributed by atoms with Gasteiger partial charge in [0, 0.05) is 19.0 Å². The molecule has 1 aliphatic rings. The summed E-state index contributed by atoms with van der Waals surface area (Å²) in [4.78, 5) is 38.8. The van der Waals surface area contributed by atoms with E-state index in [0.29, 0.717) is 21.6 Å². The normalized spacial score (nSPS) is 13.5. The SMILES string of the molecule is CCOC(=O)c1c(NC(=O)/C(C#N)=C/c2ccc3c(c2)n(C)c(=O)n3C)sc2c1CCCC2. The van der Waals surface area contributed by atoms with Crippen LogP contribution < -0.4 is 11.0 Å². The molecule has 1 aromatic carbocycles. The van der Waals surface area contributed by atoms with E-state index >= 15 is 0 Å². The van der Waals surface area contributed by atoms with Gasteiger partial charge in [-0.25, -0.2) is 9.59 Å². The molecule has 0 radical (unpaired) electrons. The van der Waals surface area contributed by atoms with Crippen LogP contribution >= 0.6 is 11.3 Å². The topological polar surface area (TPSA) is 106 Å². The smallest absolute Gasteiger partial charge is 0.341 e. The molecule has 3 aromatic rings. The van der Waals surface area contributed by atoms with Crippen molar-refractivity contribution in [3.8, 4) is 6.07 Å². The number of nitrogens with zero attached hydrogens (tertiary/aromatic N) is 3. The maximum Gasteiger partial charge on any atom is 0.341 e. The van der Waals surface area contributed by atoms with Crippen molar-refractivity contribution in [2.45, 2.75) is 32.6 Å². The molecule has 0 aliphatic heterocycles. The van der Waals surface area contributed by atoms with Crippen LogP contribution in [0.2, 0.25) is 0 Å². The molecule has 170 valence electrons. The summed E-state index contributed by atoms with van der Waals surface area (Å²) in [6.45, 7) is 1.98. The van der Waals surface area contributed by atoms with Gasteiger partial charge < -0.3 is 10.1 Å². The van der Waals surface area contributed by atoms with Crippen LogP contribution in [-0.2, 0) is 36.5 Å². The monoisotopic (exact) mass is 464 g/mol. The number of benzene rings is 1. The van der Waals surface area contributed by atoms with E-state index in [4.69, 9.17) is 4.74 Å². The fraction of sp³-hybridized carbons (Fsp3) is 0.333. The van der Waals surface area contributed by atoms with E-state index in [0.717, 1.165) is 41.6 Å². The summed E-state index contributed by atoms with van der Waals surface area (Å²) in [5, 5.41) is 12.8. The number of aromatic nitrogens is 2. The first-order valence-corrected chi connectivity index (χ1v) is 11.6. The van der Waals surface area contributed by atoms with Gasteiger partial charge >= 0.3 is 11.7 Å². The van der Waals surface area contributed by atoms with Crippen molar-refractivity contribution in [1.82, 2.24) is 9.13 Å². The van der Waals surface area contributed by atoms with Crippen molar-refractivity contribution in [1.29, 1.82) is 5.26 Å². The Morgan fingerprint density at radius 3 is 2.67 bits per heavy atom. The molecule has 0 fully saturated rings. The van der Waals surface area contributed by atoms with E-state index in [2.05, 4.69) is 5.32 Å². The average Bonchev–Trinajstić information content (AvgIpc) is 3.27. The highest BCUT2D eigenvalue weighted by Crippen LogP contribution is 2.38. The number of thiophene rings is 1. The number of imidazole rings is 1. The summed E-state index contributed by atoms with van der Waals surface area (Å²) in [6, 6.07) is 7.24. The van der Waals surface area contributed by atoms with Crippen molar-refractivity contribution in [2.24, 2.45) is 14.1 Å². The van der Waals surface area contributed by atoms with Crippen molar-refractivity contribution in [3.63, 3.8) is 0 Å². The molecule has 0 atom stereocenters. The van der Waals surface area contributed by atoms with Gasteiger partial charge in [0.1, 0.15) is 16.6 Å². The third kappa shape index (κ3) is 4.10. The van der Waals surface area contributed by atoms with Crippen LogP contribution in [0.25, 0.3) is 17.1 Å². The number of hydrogen-bond donors (Lipinski definition) is 1. The van der Waals surface area contributed by atoms with Gasteiger partial charge in [0.2, 0.25) is 0 Å². The largest absolute Gasteiger partial charge is 0.462 e. The Bertz CT molecular complexity index is 1400. The third-order valence-corrected chi connectivity index (χ3v) is 7.06. The van der Waals surface area contributed by atoms with Crippen LogP contribution in [0, 0.1) is 11.3 Å². The molecular weight excluding hydrogens is 440 g/mol. The molecule has 33 heavy (non-hydrogen) atoms. The number of aryl methyl sites for hydroxylation is 3. The number of carbonyl (C=O) groups is 2. The van der Waals surface area contributed by atoms with E-state index in [9.17, 15) is 19.6 Å². The predicted octanol–water partition coefficient (Wildman–Crippen LogP) is 3.54. The van der Waals surface area contributed by atoms with Crippen LogP contribution in [0.1, 0.15) is 46.1 Å². The highest BCUT2D eigenvalue weighted by molar-refractivity contribution is 7.17. The van der Waals surface area contributed by atoms with Crippen LogP contribution in [0.15, 0.2) is 28.6 Å². The molecule has 2 aromatic heterocycles. The van der Waals surface area contributed by atoms with E-state index in [1.807, 2.05) is 6.07 Å². The Balaban J connectivity index is 1.67. The number of rotatable bonds is 5. The van der Waals surface area contributed by atoms with Gasteiger partial charge in [-0.3, -0.25) is 13.9 Å². The van der Waals surface area contributed by atoms with E-state index in [1.54, 1.807) is 39.2 Å². The molecule has 9 heteroatoms. The number of carbonyl (C=O) groups excluding carboxylic acids is 2. The number of nitriles is 1. The Morgan fingerprint density at radius 2 is 1.94 bits per heavy atom. The van der Waals surface area contributed by atoms with Crippen molar-refractivity contribution in [2.75, 3.05) is 11.9 Å². The first-order valence-electron chi connectivity index (χ1n) is 10.8. The van der Waals surface area contributed by atoms with Gasteiger partial charge in [-0.2, -0.15) is 5.26 Å². The highest BCUT2D eigenvalue weighted by Gasteiger charge is 2.27. The summed E-state index contributed by atoms with van der Waals surface area (Å²) >= 11 is 1.38. The second-order valence-corrected chi connectivity index (χ2v) is 9.01. The van der Waals surface area contributed by atoms with Crippen LogP contribution in [0.4, 0.5) is 5.00 Å². The summed E-state index contributed by atoms with van der Waals surface area (Å²) in [6.07, 6.45) is 5.13. The summed E-state index contributed by atoms with van der Waals surface area (Å²) in [7, 11) is 3.36. The molecule has 4 rings (SSSR count). The molecule has 1 amide bonds. The first kappa shape index (κ1) is 22.6. The molecule has 0 bridgehead atoms. The lowest BCUT2D eigenvalue weighted by atomic mass is 9.95. The molecule has 0 saturated carbocycles. The fourth-order valence-electron chi connectivity index (χ4n) is 4.17. The summed E-state index contributed by atoms with van der Waals surface area (Å²) in [5.41, 5.74) is 3.16. The number of hydrogen-bond acceptors (Lipinski definition) is 6. The molecular formula is C24H24N4O4S. The lowest BCUT2D eigenvalue weighted by Crippen LogP contribution is -2.19. The number of anilines is 1. The minimum absolute atomic E-state index is 0.100. The Hall–Kier alpha value is -3.64. The number of fused-ring (bicyclic) bond motifs is 2. The van der Waals surface area contributed by atoms with Crippen LogP contribution in [0.3, 0.4) is 0 Å². The molecule has 0 spiro atoms. The van der Waals surface area contributed by atoms with Crippen LogP contribution in [0.5, 0.6) is 0 Å². The Labute approximate surface area is 194 Å². The number of ether oxygens (including phenoxy) is 1. The number of amides is 1. The predicted molar refractivity (Wildman–Crippen MR) is 127 cm³/mol. The zero-order chi connectivity index (χ0) is 23.7. The van der Waals surface area contributed by atoms with Gasteiger partial charge in [-0.05, 0) is 61.9 Å². The zero-order valence-corrected chi connectivity index (χ0v) is 19.5. The third-order valence-electron chi connectivity index (χ3n) is 5.85. The molecule has 1 N–H and O–H groups in total. The van der Waals surface area contributed by atoms with E-state index in [1.165, 1.54) is 26.5 Å². The van der Waals surface area contributed by atoms with Gasteiger partial charge in [0.05, 0.1) is 23.2 Å². The van der Waals surface area contributed by atoms with Crippen molar-refractivity contribution < 1.29 is 14.3 Å². The minimum Gasteiger partial charge on any atom is -0.462 e. The molecule has 8 nitrogen and oxygen atoms in total. The minimum atomic E-state index is -0.594. The van der Waals surface area contributed by atoms with Gasteiger partial charge in [0.15, 0.2) is 0 Å². The Kier molecular flexibility index (Phi) is 6.20. The quantitative estimate of drug-likeness (QED) is 0.353. The molecule has 1 aliphatic carbocycles. The van der Waals surface area contributed by atoms with E-state index < -0.39 is 11.9 Å². The second-order valence-electron chi connectivity index (χ2n) is 7.91. The fourth-order valence-corrected chi connectivity index (χ4v) is 5.44. The molecule has 0 unspecified atom stereocenters. The lowest BCUT2D eigenvalue weighted by molar-refractivity contribution is -0.112. The first-order chi connectivity index (χ1) is 15.8. The van der Waals surface area contributed by atoms with E-state index in [-0.39, 0.29) is 17.9 Å². The van der Waals surface area contributed by atoms with Crippen LogP contribution in [-0.4, -0.2) is 27.6 Å².